The zero-order valence-electron chi connectivity index (χ0n) is 13.5. The molecule has 0 radical (unpaired) electrons. The van der Waals surface area contributed by atoms with Gasteiger partial charge in [0.15, 0.2) is 0 Å². The maximum absolute atomic E-state index is 12.7. The van der Waals surface area contributed by atoms with Gasteiger partial charge in [0.25, 0.3) is 0 Å². The third-order valence-corrected chi connectivity index (χ3v) is 5.11. The molecular formula is C16H27N3O3. The van der Waals surface area contributed by atoms with E-state index in [9.17, 15) is 9.59 Å². The van der Waals surface area contributed by atoms with Crippen LogP contribution in [0.5, 0.6) is 0 Å². The van der Waals surface area contributed by atoms with Crippen molar-refractivity contribution in [3.05, 3.63) is 0 Å². The van der Waals surface area contributed by atoms with E-state index in [0.29, 0.717) is 37.6 Å². The van der Waals surface area contributed by atoms with Crippen LogP contribution >= 0.6 is 0 Å². The smallest absolute Gasteiger partial charge is 0.409 e. The predicted molar refractivity (Wildman–Crippen MR) is 82.5 cm³/mol. The first kappa shape index (κ1) is 15.6. The Labute approximate surface area is 132 Å². The van der Waals surface area contributed by atoms with E-state index in [0.717, 1.165) is 13.1 Å². The Morgan fingerprint density at radius 1 is 1.00 bits per heavy atom. The van der Waals surface area contributed by atoms with Crippen molar-refractivity contribution in [1.29, 1.82) is 0 Å². The van der Waals surface area contributed by atoms with Crippen molar-refractivity contribution in [2.75, 3.05) is 39.8 Å². The van der Waals surface area contributed by atoms with Crippen LogP contribution in [0, 0.1) is 0 Å². The van der Waals surface area contributed by atoms with Gasteiger partial charge in [-0.2, -0.15) is 0 Å². The number of ether oxygens (including phenoxy) is 1. The second kappa shape index (κ2) is 6.86. The summed E-state index contributed by atoms with van der Waals surface area (Å²) in [4.78, 5) is 30.3. The molecule has 1 heterocycles. The Balaban J connectivity index is 1.50. The molecule has 3 rings (SSSR count). The summed E-state index contributed by atoms with van der Waals surface area (Å²) in [6.07, 6.45) is 6.97. The Hall–Kier alpha value is -1.30. The van der Waals surface area contributed by atoms with Gasteiger partial charge in [0.05, 0.1) is 13.7 Å². The van der Waals surface area contributed by atoms with Crippen molar-refractivity contribution in [3.8, 4) is 0 Å². The molecular weight excluding hydrogens is 282 g/mol. The standard InChI is InChI=1S/C16H27N3O3/c1-22-16(21)18-10-8-17(9-11-18)12-15(20)19(14-6-7-14)13-4-2-3-5-13/h13-14H,2-12H2,1H3. The summed E-state index contributed by atoms with van der Waals surface area (Å²) in [7, 11) is 1.41. The fourth-order valence-electron chi connectivity index (χ4n) is 3.73. The van der Waals surface area contributed by atoms with Crippen molar-refractivity contribution in [1.82, 2.24) is 14.7 Å². The molecule has 3 fully saturated rings. The molecule has 1 aliphatic heterocycles. The summed E-state index contributed by atoms with van der Waals surface area (Å²) in [5.41, 5.74) is 0. The molecule has 0 atom stereocenters. The molecule has 0 N–H and O–H groups in total. The van der Waals surface area contributed by atoms with Crippen LogP contribution in [0.3, 0.4) is 0 Å². The summed E-state index contributed by atoms with van der Waals surface area (Å²) in [5, 5.41) is 0. The monoisotopic (exact) mass is 309 g/mol. The van der Waals surface area contributed by atoms with E-state index in [4.69, 9.17) is 4.74 Å². The minimum absolute atomic E-state index is 0.267. The van der Waals surface area contributed by atoms with Gasteiger partial charge in [-0.15, -0.1) is 0 Å². The van der Waals surface area contributed by atoms with Gasteiger partial charge in [-0.1, -0.05) is 12.8 Å². The number of rotatable bonds is 4. The van der Waals surface area contributed by atoms with Gasteiger partial charge >= 0.3 is 6.09 Å². The Kier molecular flexibility index (Phi) is 4.86. The van der Waals surface area contributed by atoms with Crippen LogP contribution in [0.1, 0.15) is 38.5 Å². The quantitative estimate of drug-likeness (QED) is 0.785. The highest BCUT2D eigenvalue weighted by Crippen LogP contribution is 2.34. The van der Waals surface area contributed by atoms with Crippen LogP contribution in [0.15, 0.2) is 0 Å². The molecule has 3 aliphatic rings. The first-order valence-corrected chi connectivity index (χ1v) is 8.55. The summed E-state index contributed by atoms with van der Waals surface area (Å²) in [6, 6.07) is 0.989. The lowest BCUT2D eigenvalue weighted by atomic mass is 10.2. The van der Waals surface area contributed by atoms with Crippen LogP contribution in [0.4, 0.5) is 4.79 Å². The molecule has 0 aromatic heterocycles. The van der Waals surface area contributed by atoms with Crippen LogP contribution in [0.25, 0.3) is 0 Å². The van der Waals surface area contributed by atoms with E-state index in [1.165, 1.54) is 45.6 Å². The van der Waals surface area contributed by atoms with Gasteiger partial charge in [-0.3, -0.25) is 9.69 Å². The third kappa shape index (κ3) is 3.54. The van der Waals surface area contributed by atoms with Crippen LogP contribution in [0.2, 0.25) is 0 Å². The van der Waals surface area contributed by atoms with Crippen LogP contribution in [-0.4, -0.2) is 78.6 Å². The van der Waals surface area contributed by atoms with E-state index < -0.39 is 0 Å². The minimum atomic E-state index is -0.267. The minimum Gasteiger partial charge on any atom is -0.453 e. The van der Waals surface area contributed by atoms with Crippen molar-refractivity contribution in [2.24, 2.45) is 0 Å². The lowest BCUT2D eigenvalue weighted by Crippen LogP contribution is -2.52. The SMILES string of the molecule is COC(=O)N1CCN(CC(=O)N(C2CCCC2)C2CC2)CC1. The molecule has 1 saturated heterocycles. The van der Waals surface area contributed by atoms with Crippen LogP contribution < -0.4 is 0 Å². The van der Waals surface area contributed by atoms with Crippen LogP contribution in [-0.2, 0) is 9.53 Å². The van der Waals surface area contributed by atoms with E-state index in [1.807, 2.05) is 0 Å². The number of amides is 2. The molecule has 0 aromatic rings. The number of hydrogen-bond acceptors (Lipinski definition) is 4. The van der Waals surface area contributed by atoms with Gasteiger partial charge in [0, 0.05) is 38.3 Å². The maximum atomic E-state index is 12.7. The summed E-state index contributed by atoms with van der Waals surface area (Å²) in [6.45, 7) is 3.30. The Morgan fingerprint density at radius 3 is 2.14 bits per heavy atom. The van der Waals surface area contributed by atoms with Crippen molar-refractivity contribution >= 4 is 12.0 Å². The fourth-order valence-corrected chi connectivity index (χ4v) is 3.73. The second-order valence-corrected chi connectivity index (χ2v) is 6.70. The van der Waals surface area contributed by atoms with Crippen molar-refractivity contribution in [2.45, 2.75) is 50.6 Å². The molecule has 0 aromatic carbocycles. The highest BCUT2D eigenvalue weighted by atomic mass is 16.5. The van der Waals surface area contributed by atoms with Gasteiger partial charge in [0.1, 0.15) is 0 Å². The molecule has 2 amide bonds. The Bertz CT molecular complexity index is 411. The first-order valence-electron chi connectivity index (χ1n) is 8.55. The van der Waals surface area contributed by atoms with Gasteiger partial charge in [-0.05, 0) is 25.7 Å². The molecule has 124 valence electrons. The highest BCUT2D eigenvalue weighted by molar-refractivity contribution is 5.79. The number of carbonyl (C=O) groups is 2. The zero-order valence-corrected chi connectivity index (χ0v) is 13.5. The van der Waals surface area contributed by atoms with E-state index in [2.05, 4.69) is 9.80 Å². The summed E-state index contributed by atoms with van der Waals surface area (Å²) in [5.74, 6) is 0.293. The normalized spacial score (nSPS) is 23.6. The Morgan fingerprint density at radius 2 is 1.59 bits per heavy atom. The van der Waals surface area contributed by atoms with Crippen molar-refractivity contribution in [3.63, 3.8) is 0 Å². The molecule has 6 heteroatoms. The summed E-state index contributed by atoms with van der Waals surface area (Å²) < 4.78 is 4.74. The van der Waals surface area contributed by atoms with E-state index >= 15 is 0 Å². The van der Waals surface area contributed by atoms with E-state index in [1.54, 1.807) is 4.90 Å². The number of carbonyl (C=O) groups excluding carboxylic acids is 2. The highest BCUT2D eigenvalue weighted by Gasteiger charge is 2.38. The number of piperazine rings is 1. The molecule has 6 nitrogen and oxygen atoms in total. The van der Waals surface area contributed by atoms with Gasteiger partial charge < -0.3 is 14.5 Å². The maximum Gasteiger partial charge on any atom is 0.409 e. The second-order valence-electron chi connectivity index (χ2n) is 6.70. The number of methoxy groups -OCH3 is 1. The molecule has 2 saturated carbocycles. The summed E-state index contributed by atoms with van der Waals surface area (Å²) >= 11 is 0. The number of hydrogen-bond donors (Lipinski definition) is 0. The van der Waals surface area contributed by atoms with Gasteiger partial charge in [0.2, 0.25) is 5.91 Å². The predicted octanol–water partition coefficient (Wildman–Crippen LogP) is 1.30. The van der Waals surface area contributed by atoms with Crippen molar-refractivity contribution < 1.29 is 14.3 Å². The lowest BCUT2D eigenvalue weighted by molar-refractivity contribution is -0.135. The fraction of sp³-hybridized carbons (Fsp3) is 0.875. The first-order chi connectivity index (χ1) is 10.7. The number of nitrogens with zero attached hydrogens (tertiary/aromatic N) is 3. The zero-order chi connectivity index (χ0) is 15.5. The van der Waals surface area contributed by atoms with E-state index in [-0.39, 0.29) is 6.09 Å². The molecule has 0 bridgehead atoms. The molecule has 0 unspecified atom stereocenters. The average Bonchev–Trinajstić information content (AvgIpc) is 3.21. The topological polar surface area (TPSA) is 53.1 Å². The van der Waals surface area contributed by atoms with Gasteiger partial charge in [-0.25, -0.2) is 4.79 Å². The molecule has 0 spiro atoms. The lowest BCUT2D eigenvalue weighted by Gasteiger charge is -2.36. The molecule has 2 aliphatic carbocycles. The average molecular weight is 309 g/mol. The third-order valence-electron chi connectivity index (χ3n) is 5.11. The molecule has 22 heavy (non-hydrogen) atoms. The largest absolute Gasteiger partial charge is 0.453 e.